The maximum absolute atomic E-state index is 13.3. The van der Waals surface area contributed by atoms with Crippen LogP contribution in [0.5, 0.6) is 5.75 Å². The van der Waals surface area contributed by atoms with Gasteiger partial charge in [0.25, 0.3) is 5.91 Å². The van der Waals surface area contributed by atoms with E-state index >= 15 is 0 Å². The van der Waals surface area contributed by atoms with Gasteiger partial charge in [0.15, 0.2) is 0 Å². The van der Waals surface area contributed by atoms with Crippen LogP contribution in [0, 0.1) is 5.82 Å². The standard InChI is InChI=1S/C14H11BrFNO2/c15-12-6-3-10(7-13(12)16)14(19)17-8-9-1-4-11(18)5-2-9/h1-7,18H,8H2,(H,17,19). The van der Waals surface area contributed by atoms with Gasteiger partial charge in [0.2, 0.25) is 0 Å². The van der Waals surface area contributed by atoms with E-state index in [1.807, 2.05) is 0 Å². The van der Waals surface area contributed by atoms with Crippen LogP contribution < -0.4 is 5.32 Å². The number of phenols is 1. The Morgan fingerprint density at radius 3 is 2.53 bits per heavy atom. The Balaban J connectivity index is 2.01. The molecule has 0 radical (unpaired) electrons. The first-order valence-electron chi connectivity index (χ1n) is 5.57. The highest BCUT2D eigenvalue weighted by atomic mass is 79.9. The molecule has 2 rings (SSSR count). The van der Waals surface area contributed by atoms with Crippen molar-refractivity contribution in [2.45, 2.75) is 6.54 Å². The smallest absolute Gasteiger partial charge is 0.251 e. The molecular weight excluding hydrogens is 313 g/mol. The Morgan fingerprint density at radius 1 is 1.21 bits per heavy atom. The first kappa shape index (κ1) is 13.5. The summed E-state index contributed by atoms with van der Waals surface area (Å²) in [4.78, 5) is 11.8. The molecule has 1 amide bonds. The zero-order chi connectivity index (χ0) is 13.8. The lowest BCUT2D eigenvalue weighted by Crippen LogP contribution is -2.22. The van der Waals surface area contributed by atoms with Crippen molar-refractivity contribution in [3.63, 3.8) is 0 Å². The second kappa shape index (κ2) is 5.84. The molecule has 0 saturated carbocycles. The average Bonchev–Trinajstić information content (AvgIpc) is 2.41. The van der Waals surface area contributed by atoms with Crippen LogP contribution in [-0.4, -0.2) is 11.0 Å². The second-order valence-electron chi connectivity index (χ2n) is 3.98. The van der Waals surface area contributed by atoms with E-state index in [0.29, 0.717) is 11.0 Å². The Hall–Kier alpha value is -1.88. The maximum Gasteiger partial charge on any atom is 0.251 e. The number of hydrogen-bond acceptors (Lipinski definition) is 2. The van der Waals surface area contributed by atoms with Gasteiger partial charge >= 0.3 is 0 Å². The first-order valence-corrected chi connectivity index (χ1v) is 6.37. The lowest BCUT2D eigenvalue weighted by molar-refractivity contribution is 0.0950. The fraction of sp³-hybridized carbons (Fsp3) is 0.0714. The molecule has 0 aliphatic heterocycles. The predicted octanol–water partition coefficient (Wildman–Crippen LogP) is 3.22. The van der Waals surface area contributed by atoms with E-state index in [4.69, 9.17) is 5.11 Å². The molecule has 0 atom stereocenters. The number of carbonyl (C=O) groups excluding carboxylic acids is 1. The lowest BCUT2D eigenvalue weighted by Gasteiger charge is -2.06. The van der Waals surface area contributed by atoms with Gasteiger partial charge in [-0.25, -0.2) is 4.39 Å². The summed E-state index contributed by atoms with van der Waals surface area (Å²) in [6.45, 7) is 0.316. The SMILES string of the molecule is O=C(NCc1ccc(O)cc1)c1ccc(Br)c(F)c1. The van der Waals surface area contributed by atoms with Crippen molar-refractivity contribution in [1.82, 2.24) is 5.32 Å². The number of benzene rings is 2. The second-order valence-corrected chi connectivity index (χ2v) is 4.83. The zero-order valence-electron chi connectivity index (χ0n) is 9.86. The molecule has 2 aromatic carbocycles. The summed E-state index contributed by atoms with van der Waals surface area (Å²) in [5.74, 6) is -0.651. The molecule has 2 aromatic rings. The Labute approximate surface area is 118 Å². The van der Waals surface area contributed by atoms with Gasteiger partial charge in [0.1, 0.15) is 11.6 Å². The van der Waals surface area contributed by atoms with Gasteiger partial charge in [-0.15, -0.1) is 0 Å². The quantitative estimate of drug-likeness (QED) is 0.911. The molecule has 0 aromatic heterocycles. The van der Waals surface area contributed by atoms with Crippen LogP contribution in [0.3, 0.4) is 0 Å². The molecule has 0 aliphatic rings. The van der Waals surface area contributed by atoms with Crippen molar-refractivity contribution >= 4 is 21.8 Å². The number of aromatic hydroxyl groups is 1. The van der Waals surface area contributed by atoms with E-state index in [-0.39, 0.29) is 17.2 Å². The third-order valence-electron chi connectivity index (χ3n) is 2.57. The Morgan fingerprint density at radius 2 is 1.89 bits per heavy atom. The number of carbonyl (C=O) groups is 1. The van der Waals surface area contributed by atoms with Crippen molar-refractivity contribution in [3.8, 4) is 5.75 Å². The van der Waals surface area contributed by atoms with Gasteiger partial charge in [0, 0.05) is 12.1 Å². The van der Waals surface area contributed by atoms with Crippen molar-refractivity contribution in [3.05, 3.63) is 63.9 Å². The number of nitrogens with one attached hydrogen (secondary N) is 1. The Bertz CT molecular complexity index is 599. The normalized spacial score (nSPS) is 10.2. The average molecular weight is 324 g/mol. The summed E-state index contributed by atoms with van der Waals surface area (Å²) in [6, 6.07) is 10.7. The fourth-order valence-corrected chi connectivity index (χ4v) is 1.78. The predicted molar refractivity (Wildman–Crippen MR) is 73.4 cm³/mol. The van der Waals surface area contributed by atoms with E-state index in [9.17, 15) is 9.18 Å². The molecule has 2 N–H and O–H groups in total. The van der Waals surface area contributed by atoms with Crippen molar-refractivity contribution in [1.29, 1.82) is 0 Å². The minimum atomic E-state index is -0.475. The summed E-state index contributed by atoms with van der Waals surface area (Å²) in [6.07, 6.45) is 0. The summed E-state index contributed by atoms with van der Waals surface area (Å²) in [7, 11) is 0. The minimum absolute atomic E-state index is 0.171. The Kier molecular flexibility index (Phi) is 4.16. The van der Waals surface area contributed by atoms with Gasteiger partial charge in [-0.2, -0.15) is 0 Å². The minimum Gasteiger partial charge on any atom is -0.508 e. The van der Waals surface area contributed by atoms with E-state index in [0.717, 1.165) is 5.56 Å². The summed E-state index contributed by atoms with van der Waals surface area (Å²) in [5, 5.41) is 11.8. The molecule has 0 bridgehead atoms. The molecule has 0 unspecified atom stereocenters. The number of hydrogen-bond donors (Lipinski definition) is 2. The van der Waals surface area contributed by atoms with Gasteiger partial charge in [0.05, 0.1) is 4.47 Å². The number of rotatable bonds is 3. The van der Waals surface area contributed by atoms with Crippen LogP contribution in [-0.2, 0) is 6.54 Å². The van der Waals surface area contributed by atoms with Crippen LogP contribution in [0.4, 0.5) is 4.39 Å². The molecule has 0 fully saturated rings. The van der Waals surface area contributed by atoms with Crippen LogP contribution >= 0.6 is 15.9 Å². The highest BCUT2D eigenvalue weighted by molar-refractivity contribution is 9.10. The maximum atomic E-state index is 13.3. The van der Waals surface area contributed by atoms with Crippen LogP contribution in [0.2, 0.25) is 0 Å². The highest BCUT2D eigenvalue weighted by Gasteiger charge is 2.08. The number of amides is 1. The summed E-state index contributed by atoms with van der Waals surface area (Å²) < 4.78 is 13.6. The molecular formula is C14H11BrFNO2. The monoisotopic (exact) mass is 323 g/mol. The van der Waals surface area contributed by atoms with Gasteiger partial charge in [-0.05, 0) is 51.8 Å². The van der Waals surface area contributed by atoms with E-state index in [1.165, 1.54) is 12.1 Å². The number of phenolic OH excluding ortho intramolecular Hbond substituents is 1. The van der Waals surface area contributed by atoms with E-state index in [2.05, 4.69) is 21.2 Å². The molecule has 0 heterocycles. The largest absolute Gasteiger partial charge is 0.508 e. The van der Waals surface area contributed by atoms with Crippen LogP contribution in [0.15, 0.2) is 46.9 Å². The topological polar surface area (TPSA) is 49.3 Å². The van der Waals surface area contributed by atoms with Crippen LogP contribution in [0.25, 0.3) is 0 Å². The highest BCUT2D eigenvalue weighted by Crippen LogP contribution is 2.16. The fourth-order valence-electron chi connectivity index (χ4n) is 1.54. The van der Waals surface area contributed by atoms with E-state index in [1.54, 1.807) is 30.3 Å². The molecule has 0 spiro atoms. The molecule has 98 valence electrons. The lowest BCUT2D eigenvalue weighted by atomic mass is 10.2. The number of halogens is 2. The molecule has 3 nitrogen and oxygen atoms in total. The third-order valence-corrected chi connectivity index (χ3v) is 3.21. The molecule has 0 aliphatic carbocycles. The van der Waals surface area contributed by atoms with Crippen molar-refractivity contribution in [2.24, 2.45) is 0 Å². The summed E-state index contributed by atoms with van der Waals surface area (Å²) >= 11 is 3.03. The van der Waals surface area contributed by atoms with Gasteiger partial charge in [-0.3, -0.25) is 4.79 Å². The van der Waals surface area contributed by atoms with Gasteiger partial charge in [-0.1, -0.05) is 12.1 Å². The zero-order valence-corrected chi connectivity index (χ0v) is 11.4. The summed E-state index contributed by atoms with van der Waals surface area (Å²) in [5.41, 5.74) is 1.11. The van der Waals surface area contributed by atoms with Crippen LogP contribution in [0.1, 0.15) is 15.9 Å². The van der Waals surface area contributed by atoms with Crippen molar-refractivity contribution in [2.75, 3.05) is 0 Å². The van der Waals surface area contributed by atoms with Gasteiger partial charge < -0.3 is 10.4 Å². The first-order chi connectivity index (χ1) is 9.06. The third kappa shape index (κ3) is 3.54. The molecule has 5 heteroatoms. The molecule has 19 heavy (non-hydrogen) atoms. The van der Waals surface area contributed by atoms with E-state index < -0.39 is 5.82 Å². The molecule has 0 saturated heterocycles. The van der Waals surface area contributed by atoms with Crippen molar-refractivity contribution < 1.29 is 14.3 Å².